The molecule has 0 spiro atoms. The molecule has 1 atom stereocenters. The second-order valence-corrected chi connectivity index (χ2v) is 6.69. The van der Waals surface area contributed by atoms with Crippen molar-refractivity contribution in [2.24, 2.45) is 0 Å². The predicted octanol–water partition coefficient (Wildman–Crippen LogP) is 3.45. The molecule has 1 aromatic heterocycles. The summed E-state index contributed by atoms with van der Waals surface area (Å²) in [5.74, 6) is 0.419. The third-order valence-electron chi connectivity index (χ3n) is 3.11. The zero-order chi connectivity index (χ0) is 11.5. The average molecular weight is 302 g/mol. The van der Waals surface area contributed by atoms with E-state index in [9.17, 15) is 4.79 Å². The fourth-order valence-electron chi connectivity index (χ4n) is 2.26. The van der Waals surface area contributed by atoms with Crippen LogP contribution in [0.25, 0.3) is 0 Å². The molecule has 1 aliphatic carbocycles. The first kappa shape index (κ1) is 12.3. The minimum absolute atomic E-state index is 0.146. The first-order valence-corrected chi connectivity index (χ1v) is 7.30. The standard InChI is InChI=1S/C12H16BrNOS/c1-14(7-9-6-12(13)16-8-9)10-4-2-3-5-11(10)15/h6,8,10H,2-5,7H2,1H3. The molecule has 2 nitrogen and oxygen atoms in total. The van der Waals surface area contributed by atoms with Crippen LogP contribution in [-0.4, -0.2) is 23.8 Å². The van der Waals surface area contributed by atoms with Crippen LogP contribution >= 0.6 is 27.3 Å². The van der Waals surface area contributed by atoms with Crippen LogP contribution in [0, 0.1) is 0 Å². The van der Waals surface area contributed by atoms with E-state index in [-0.39, 0.29) is 6.04 Å². The lowest BCUT2D eigenvalue weighted by Crippen LogP contribution is -2.39. The predicted molar refractivity (Wildman–Crippen MR) is 70.7 cm³/mol. The number of rotatable bonds is 3. The summed E-state index contributed by atoms with van der Waals surface area (Å²) >= 11 is 5.16. The Hall–Kier alpha value is -0.190. The van der Waals surface area contributed by atoms with Gasteiger partial charge in [0.2, 0.25) is 0 Å². The summed E-state index contributed by atoms with van der Waals surface area (Å²) in [6, 6.07) is 2.28. The lowest BCUT2D eigenvalue weighted by molar-refractivity contribution is -0.125. The molecular weight excluding hydrogens is 286 g/mol. The maximum absolute atomic E-state index is 11.8. The zero-order valence-electron chi connectivity index (χ0n) is 9.41. The highest BCUT2D eigenvalue weighted by molar-refractivity contribution is 9.11. The van der Waals surface area contributed by atoms with Gasteiger partial charge < -0.3 is 0 Å². The highest BCUT2D eigenvalue weighted by Crippen LogP contribution is 2.24. The van der Waals surface area contributed by atoms with Crippen molar-refractivity contribution >= 4 is 33.0 Å². The number of carbonyl (C=O) groups excluding carboxylic acids is 1. The van der Waals surface area contributed by atoms with Gasteiger partial charge in [-0.15, -0.1) is 11.3 Å². The molecule has 1 heterocycles. The van der Waals surface area contributed by atoms with Gasteiger partial charge in [-0.2, -0.15) is 0 Å². The molecule has 1 saturated carbocycles. The third-order valence-corrected chi connectivity index (χ3v) is 4.66. The zero-order valence-corrected chi connectivity index (χ0v) is 11.8. The van der Waals surface area contributed by atoms with E-state index in [0.717, 1.165) is 29.6 Å². The fraction of sp³-hybridized carbons (Fsp3) is 0.583. The molecule has 0 amide bonds. The Kier molecular flexibility index (Phi) is 4.16. The topological polar surface area (TPSA) is 20.3 Å². The summed E-state index contributed by atoms with van der Waals surface area (Å²) < 4.78 is 1.16. The second kappa shape index (κ2) is 5.43. The largest absolute Gasteiger partial charge is 0.298 e. The van der Waals surface area contributed by atoms with E-state index in [0.29, 0.717) is 5.78 Å². The Morgan fingerprint density at radius 1 is 1.56 bits per heavy atom. The molecule has 0 aliphatic heterocycles. The van der Waals surface area contributed by atoms with Gasteiger partial charge in [-0.05, 0) is 52.8 Å². The van der Waals surface area contributed by atoms with E-state index >= 15 is 0 Å². The summed E-state index contributed by atoms with van der Waals surface area (Å²) in [6.07, 6.45) is 4.06. The number of thiophene rings is 1. The monoisotopic (exact) mass is 301 g/mol. The average Bonchev–Trinajstić information content (AvgIpc) is 2.64. The molecule has 0 radical (unpaired) electrons. The molecular formula is C12H16BrNOS. The Morgan fingerprint density at radius 2 is 2.38 bits per heavy atom. The van der Waals surface area contributed by atoms with Crippen LogP contribution in [0.1, 0.15) is 31.2 Å². The maximum Gasteiger partial charge on any atom is 0.149 e. The Labute approximate surface area is 109 Å². The maximum atomic E-state index is 11.8. The van der Waals surface area contributed by atoms with E-state index < -0.39 is 0 Å². The highest BCUT2D eigenvalue weighted by atomic mass is 79.9. The minimum Gasteiger partial charge on any atom is -0.298 e. The summed E-state index contributed by atoms with van der Waals surface area (Å²) in [5.41, 5.74) is 1.29. The van der Waals surface area contributed by atoms with Gasteiger partial charge in [-0.3, -0.25) is 9.69 Å². The van der Waals surface area contributed by atoms with Gasteiger partial charge in [0, 0.05) is 13.0 Å². The van der Waals surface area contributed by atoms with Crippen LogP contribution in [0.15, 0.2) is 15.2 Å². The first-order valence-electron chi connectivity index (χ1n) is 5.62. The summed E-state index contributed by atoms with van der Waals surface area (Å²) in [7, 11) is 2.06. The van der Waals surface area contributed by atoms with Crippen LogP contribution < -0.4 is 0 Å². The molecule has 16 heavy (non-hydrogen) atoms. The number of likely N-dealkylation sites (N-methyl/N-ethyl adjacent to an activating group) is 1. The summed E-state index contributed by atoms with van der Waals surface area (Å²) in [6.45, 7) is 0.874. The Bertz CT molecular complexity index is 377. The molecule has 1 fully saturated rings. The van der Waals surface area contributed by atoms with Crippen LogP contribution in [0.2, 0.25) is 0 Å². The van der Waals surface area contributed by atoms with Crippen LogP contribution in [0.5, 0.6) is 0 Å². The van der Waals surface area contributed by atoms with Gasteiger partial charge in [-0.1, -0.05) is 6.42 Å². The van der Waals surface area contributed by atoms with Crippen molar-refractivity contribution in [2.75, 3.05) is 7.05 Å². The Morgan fingerprint density at radius 3 is 3.00 bits per heavy atom. The van der Waals surface area contributed by atoms with Gasteiger partial charge in [0.05, 0.1) is 9.83 Å². The lowest BCUT2D eigenvalue weighted by Gasteiger charge is -2.29. The molecule has 2 rings (SSSR count). The molecule has 0 N–H and O–H groups in total. The van der Waals surface area contributed by atoms with Crippen molar-refractivity contribution in [3.8, 4) is 0 Å². The van der Waals surface area contributed by atoms with Gasteiger partial charge in [0.25, 0.3) is 0 Å². The van der Waals surface area contributed by atoms with Gasteiger partial charge >= 0.3 is 0 Å². The van der Waals surface area contributed by atoms with E-state index in [2.05, 4.69) is 39.3 Å². The van der Waals surface area contributed by atoms with Gasteiger partial charge in [-0.25, -0.2) is 0 Å². The third kappa shape index (κ3) is 2.93. The number of hydrogen-bond donors (Lipinski definition) is 0. The Balaban J connectivity index is 1.96. The highest BCUT2D eigenvalue weighted by Gasteiger charge is 2.25. The number of halogens is 1. The number of carbonyl (C=O) groups is 1. The quantitative estimate of drug-likeness (QED) is 0.852. The van der Waals surface area contributed by atoms with Crippen molar-refractivity contribution in [2.45, 2.75) is 38.3 Å². The van der Waals surface area contributed by atoms with Crippen LogP contribution in [0.3, 0.4) is 0 Å². The first-order chi connectivity index (χ1) is 7.66. The molecule has 4 heteroatoms. The van der Waals surface area contributed by atoms with Crippen molar-refractivity contribution in [1.82, 2.24) is 4.90 Å². The molecule has 88 valence electrons. The lowest BCUT2D eigenvalue weighted by atomic mass is 9.93. The molecule has 0 aromatic carbocycles. The van der Waals surface area contributed by atoms with Gasteiger partial charge in [0.1, 0.15) is 5.78 Å². The van der Waals surface area contributed by atoms with E-state index in [1.54, 1.807) is 11.3 Å². The minimum atomic E-state index is 0.146. The van der Waals surface area contributed by atoms with Crippen molar-refractivity contribution < 1.29 is 4.79 Å². The van der Waals surface area contributed by atoms with Crippen molar-refractivity contribution in [3.05, 3.63) is 20.8 Å². The van der Waals surface area contributed by atoms with Crippen LogP contribution in [0.4, 0.5) is 0 Å². The molecule has 1 aliphatic rings. The van der Waals surface area contributed by atoms with Crippen molar-refractivity contribution in [1.29, 1.82) is 0 Å². The smallest absolute Gasteiger partial charge is 0.149 e. The normalized spacial score (nSPS) is 21.7. The molecule has 1 unspecified atom stereocenters. The van der Waals surface area contributed by atoms with Gasteiger partial charge in [0.15, 0.2) is 0 Å². The molecule has 0 saturated heterocycles. The number of ketones is 1. The van der Waals surface area contributed by atoms with E-state index in [1.165, 1.54) is 12.0 Å². The summed E-state index contributed by atoms with van der Waals surface area (Å²) in [5, 5.41) is 2.15. The number of hydrogen-bond acceptors (Lipinski definition) is 3. The van der Waals surface area contributed by atoms with Crippen LogP contribution in [-0.2, 0) is 11.3 Å². The number of Topliss-reactive ketones (excluding diaryl/α,β-unsaturated/α-hetero) is 1. The second-order valence-electron chi connectivity index (χ2n) is 4.40. The number of nitrogens with zero attached hydrogens (tertiary/aromatic N) is 1. The van der Waals surface area contributed by atoms with E-state index in [1.807, 2.05) is 0 Å². The fourth-order valence-corrected chi connectivity index (χ4v) is 3.46. The summed E-state index contributed by atoms with van der Waals surface area (Å²) in [4.78, 5) is 14.0. The molecule has 0 bridgehead atoms. The van der Waals surface area contributed by atoms with Crippen molar-refractivity contribution in [3.63, 3.8) is 0 Å². The molecule has 1 aromatic rings. The SMILES string of the molecule is CN(Cc1csc(Br)c1)C1CCCCC1=O. The van der Waals surface area contributed by atoms with E-state index in [4.69, 9.17) is 0 Å².